The van der Waals surface area contributed by atoms with Crippen molar-refractivity contribution in [2.75, 3.05) is 13.2 Å². The summed E-state index contributed by atoms with van der Waals surface area (Å²) < 4.78 is 5.54. The van der Waals surface area contributed by atoms with Crippen molar-refractivity contribution >= 4 is 11.8 Å². The summed E-state index contributed by atoms with van der Waals surface area (Å²) in [6.07, 6.45) is 1.13. The zero-order valence-corrected chi connectivity index (χ0v) is 12.2. The molecule has 2 rings (SSSR count). The maximum atomic E-state index is 12.5. The van der Waals surface area contributed by atoms with Crippen LogP contribution in [0.4, 0.5) is 0 Å². The first-order valence-corrected chi connectivity index (χ1v) is 7.14. The van der Waals surface area contributed by atoms with Gasteiger partial charge in [-0.15, -0.1) is 0 Å². The SMILES string of the molecule is CC(C)C1NC(=O)C(C)N(CC2CCOC2C)C1=O. The van der Waals surface area contributed by atoms with E-state index in [2.05, 4.69) is 5.32 Å². The highest BCUT2D eigenvalue weighted by atomic mass is 16.5. The largest absolute Gasteiger partial charge is 0.378 e. The van der Waals surface area contributed by atoms with E-state index in [0.29, 0.717) is 12.5 Å². The second-order valence-electron chi connectivity index (χ2n) is 6.02. The molecule has 2 fully saturated rings. The number of hydrogen-bond donors (Lipinski definition) is 1. The summed E-state index contributed by atoms with van der Waals surface area (Å²) in [5.41, 5.74) is 0. The van der Waals surface area contributed by atoms with Gasteiger partial charge in [0.25, 0.3) is 0 Å². The fraction of sp³-hybridized carbons (Fsp3) is 0.857. The summed E-state index contributed by atoms with van der Waals surface area (Å²) in [5, 5.41) is 2.82. The maximum Gasteiger partial charge on any atom is 0.246 e. The van der Waals surface area contributed by atoms with Crippen molar-refractivity contribution < 1.29 is 14.3 Å². The zero-order valence-electron chi connectivity index (χ0n) is 12.2. The van der Waals surface area contributed by atoms with Gasteiger partial charge in [-0.05, 0) is 26.2 Å². The molecule has 4 atom stereocenters. The zero-order chi connectivity index (χ0) is 14.2. The molecule has 19 heavy (non-hydrogen) atoms. The number of carbonyl (C=O) groups excluding carboxylic acids is 2. The van der Waals surface area contributed by atoms with Crippen LogP contribution in [0.3, 0.4) is 0 Å². The molecule has 2 aliphatic heterocycles. The minimum absolute atomic E-state index is 0.0428. The number of nitrogens with one attached hydrogen (secondary N) is 1. The topological polar surface area (TPSA) is 58.6 Å². The summed E-state index contributed by atoms with van der Waals surface area (Å²) in [6.45, 7) is 9.12. The number of rotatable bonds is 3. The lowest BCUT2D eigenvalue weighted by Crippen LogP contribution is -2.64. The minimum atomic E-state index is -0.388. The summed E-state index contributed by atoms with van der Waals surface area (Å²) in [6, 6.07) is -0.767. The van der Waals surface area contributed by atoms with E-state index in [1.807, 2.05) is 20.8 Å². The second-order valence-corrected chi connectivity index (χ2v) is 6.02. The van der Waals surface area contributed by atoms with Crippen LogP contribution in [0, 0.1) is 11.8 Å². The van der Waals surface area contributed by atoms with E-state index in [1.165, 1.54) is 0 Å². The van der Waals surface area contributed by atoms with Crippen LogP contribution >= 0.6 is 0 Å². The van der Waals surface area contributed by atoms with Crippen molar-refractivity contribution in [3.05, 3.63) is 0 Å². The third-order valence-electron chi connectivity index (χ3n) is 4.32. The molecule has 2 saturated heterocycles. The van der Waals surface area contributed by atoms with E-state index >= 15 is 0 Å². The lowest BCUT2D eigenvalue weighted by atomic mass is 9.95. The van der Waals surface area contributed by atoms with Gasteiger partial charge in [0, 0.05) is 19.1 Å². The van der Waals surface area contributed by atoms with Gasteiger partial charge in [-0.25, -0.2) is 0 Å². The average molecular weight is 268 g/mol. The maximum absolute atomic E-state index is 12.5. The first-order valence-electron chi connectivity index (χ1n) is 7.14. The van der Waals surface area contributed by atoms with Crippen molar-refractivity contribution in [1.82, 2.24) is 10.2 Å². The van der Waals surface area contributed by atoms with E-state index in [-0.39, 0.29) is 35.9 Å². The summed E-state index contributed by atoms with van der Waals surface area (Å²) >= 11 is 0. The number of piperazine rings is 1. The fourth-order valence-corrected chi connectivity index (χ4v) is 2.82. The Morgan fingerprint density at radius 2 is 2.05 bits per heavy atom. The molecular weight excluding hydrogens is 244 g/mol. The molecule has 0 aromatic heterocycles. The standard InChI is InChI=1S/C14H24N2O3/c1-8(2)12-14(18)16(9(3)13(17)15-12)7-11-5-6-19-10(11)4/h8-12H,5-7H2,1-4H3,(H,15,17). The Morgan fingerprint density at radius 3 is 2.58 bits per heavy atom. The van der Waals surface area contributed by atoms with Crippen molar-refractivity contribution in [1.29, 1.82) is 0 Å². The lowest BCUT2D eigenvalue weighted by Gasteiger charge is -2.40. The fourth-order valence-electron chi connectivity index (χ4n) is 2.82. The van der Waals surface area contributed by atoms with Gasteiger partial charge in [0.1, 0.15) is 12.1 Å². The molecule has 0 aromatic carbocycles. The molecule has 0 aromatic rings. The Hall–Kier alpha value is -1.10. The number of ether oxygens (including phenoxy) is 1. The van der Waals surface area contributed by atoms with E-state index < -0.39 is 0 Å². The molecule has 2 aliphatic rings. The highest BCUT2D eigenvalue weighted by Crippen LogP contribution is 2.24. The highest BCUT2D eigenvalue weighted by molar-refractivity contribution is 5.96. The molecule has 5 nitrogen and oxygen atoms in total. The third-order valence-corrected chi connectivity index (χ3v) is 4.32. The predicted octanol–water partition coefficient (Wildman–Crippen LogP) is 0.783. The molecule has 2 heterocycles. The van der Waals surface area contributed by atoms with Crippen molar-refractivity contribution in [3.63, 3.8) is 0 Å². The molecule has 0 radical (unpaired) electrons. The third kappa shape index (κ3) is 2.76. The van der Waals surface area contributed by atoms with Crippen LogP contribution in [0.5, 0.6) is 0 Å². The van der Waals surface area contributed by atoms with Gasteiger partial charge in [0.15, 0.2) is 0 Å². The van der Waals surface area contributed by atoms with Crippen LogP contribution in [-0.4, -0.2) is 48.1 Å². The Labute approximate surface area is 114 Å². The lowest BCUT2D eigenvalue weighted by molar-refractivity contribution is -0.150. The summed E-state index contributed by atoms with van der Waals surface area (Å²) in [7, 11) is 0. The van der Waals surface area contributed by atoms with Crippen LogP contribution in [0.25, 0.3) is 0 Å². The average Bonchev–Trinajstić information content (AvgIpc) is 2.74. The van der Waals surface area contributed by atoms with Crippen LogP contribution in [0.2, 0.25) is 0 Å². The number of nitrogens with zero attached hydrogens (tertiary/aromatic N) is 1. The highest BCUT2D eigenvalue weighted by Gasteiger charge is 2.41. The Balaban J connectivity index is 2.11. The molecule has 108 valence electrons. The van der Waals surface area contributed by atoms with Crippen LogP contribution in [0.1, 0.15) is 34.1 Å². The van der Waals surface area contributed by atoms with Gasteiger partial charge in [0.05, 0.1) is 6.10 Å². The molecule has 0 spiro atoms. The normalized spacial score (nSPS) is 35.9. The number of carbonyl (C=O) groups is 2. The molecule has 5 heteroatoms. The van der Waals surface area contributed by atoms with Gasteiger partial charge in [-0.3, -0.25) is 9.59 Å². The van der Waals surface area contributed by atoms with Crippen LogP contribution in [0.15, 0.2) is 0 Å². The van der Waals surface area contributed by atoms with Gasteiger partial charge in [-0.1, -0.05) is 13.8 Å². The molecule has 0 saturated carbocycles. The van der Waals surface area contributed by atoms with Crippen molar-refractivity contribution in [2.24, 2.45) is 11.8 Å². The first kappa shape index (κ1) is 14.3. The molecule has 1 N–H and O–H groups in total. The van der Waals surface area contributed by atoms with Gasteiger partial charge >= 0.3 is 0 Å². The van der Waals surface area contributed by atoms with E-state index in [9.17, 15) is 9.59 Å². The van der Waals surface area contributed by atoms with Gasteiger partial charge < -0.3 is 15.0 Å². The van der Waals surface area contributed by atoms with Crippen molar-refractivity contribution in [3.8, 4) is 0 Å². The monoisotopic (exact) mass is 268 g/mol. The molecular formula is C14H24N2O3. The Kier molecular flexibility index (Phi) is 4.13. The molecule has 0 aliphatic carbocycles. The van der Waals surface area contributed by atoms with Crippen LogP contribution in [-0.2, 0) is 14.3 Å². The van der Waals surface area contributed by atoms with Gasteiger partial charge in [-0.2, -0.15) is 0 Å². The van der Waals surface area contributed by atoms with Crippen molar-refractivity contribution in [2.45, 2.75) is 52.3 Å². The van der Waals surface area contributed by atoms with E-state index in [0.717, 1.165) is 13.0 Å². The van der Waals surface area contributed by atoms with Gasteiger partial charge in [0.2, 0.25) is 11.8 Å². The minimum Gasteiger partial charge on any atom is -0.378 e. The predicted molar refractivity (Wildman–Crippen MR) is 71.5 cm³/mol. The molecule has 4 unspecified atom stereocenters. The first-order chi connectivity index (χ1) is 8.91. The summed E-state index contributed by atoms with van der Waals surface area (Å²) in [5.74, 6) is 0.444. The van der Waals surface area contributed by atoms with Crippen LogP contribution < -0.4 is 5.32 Å². The second kappa shape index (κ2) is 5.49. The number of hydrogen-bond acceptors (Lipinski definition) is 3. The smallest absolute Gasteiger partial charge is 0.246 e. The number of amides is 2. The Bertz CT molecular complexity index is 370. The Morgan fingerprint density at radius 1 is 1.37 bits per heavy atom. The van der Waals surface area contributed by atoms with E-state index in [4.69, 9.17) is 4.74 Å². The molecule has 0 bridgehead atoms. The molecule has 2 amide bonds. The van der Waals surface area contributed by atoms with E-state index in [1.54, 1.807) is 11.8 Å². The summed E-state index contributed by atoms with van der Waals surface area (Å²) in [4.78, 5) is 26.2. The quantitative estimate of drug-likeness (QED) is 0.823.